The van der Waals surface area contributed by atoms with E-state index in [0.717, 1.165) is 0 Å². The number of fused-ring (bicyclic) bond motifs is 1. The van der Waals surface area contributed by atoms with Crippen LogP contribution in [0, 0.1) is 0 Å². The summed E-state index contributed by atoms with van der Waals surface area (Å²) in [6, 6.07) is 7.12. The summed E-state index contributed by atoms with van der Waals surface area (Å²) in [6.45, 7) is 2.24. The number of thioether (sulfide) groups is 1. The Morgan fingerprint density at radius 2 is 2.12 bits per heavy atom. The zero-order valence-corrected chi connectivity index (χ0v) is 14.6. The minimum Gasteiger partial charge on any atom is -0.355 e. The third-order valence-corrected chi connectivity index (χ3v) is 4.76. The second kappa shape index (κ2) is 7.43. The number of benzene rings is 1. The molecule has 2 N–H and O–H groups in total. The highest BCUT2D eigenvalue weighted by Gasteiger charge is 2.20. The largest absolute Gasteiger partial charge is 0.355 e. The molecule has 1 amide bonds. The van der Waals surface area contributed by atoms with E-state index in [4.69, 9.17) is 0 Å². The SMILES string of the molecule is C[C@@H](C(=O)NCCSc1nnnn1C)c1n[nH]c(=O)c2ccccc12. The first-order chi connectivity index (χ1) is 12.1. The van der Waals surface area contributed by atoms with Crippen LogP contribution in [0.2, 0.25) is 0 Å². The van der Waals surface area contributed by atoms with Gasteiger partial charge in [-0.25, -0.2) is 9.78 Å². The molecule has 2 heterocycles. The molecule has 3 rings (SSSR count). The molecule has 0 aliphatic heterocycles. The number of rotatable bonds is 6. The van der Waals surface area contributed by atoms with Crippen molar-refractivity contribution in [3.05, 3.63) is 40.3 Å². The van der Waals surface area contributed by atoms with Crippen LogP contribution in [0.15, 0.2) is 34.2 Å². The summed E-state index contributed by atoms with van der Waals surface area (Å²) in [4.78, 5) is 24.2. The normalized spacial score (nSPS) is 12.2. The van der Waals surface area contributed by atoms with Crippen LogP contribution in [0.1, 0.15) is 18.5 Å². The number of nitrogens with one attached hydrogen (secondary N) is 2. The standard InChI is InChI=1S/C15H17N7O2S/c1-9(12-10-5-3-4-6-11(10)14(24)18-17-12)13(23)16-7-8-25-15-19-20-21-22(15)2/h3-6,9H,7-8H2,1-2H3,(H,16,23)(H,18,24)/t9-/m1/s1. The molecule has 0 spiro atoms. The zero-order chi connectivity index (χ0) is 17.8. The fourth-order valence-electron chi connectivity index (χ4n) is 2.40. The monoisotopic (exact) mass is 359 g/mol. The van der Waals surface area contributed by atoms with Crippen LogP contribution in [-0.4, -0.2) is 48.6 Å². The van der Waals surface area contributed by atoms with E-state index in [1.54, 1.807) is 36.9 Å². The highest BCUT2D eigenvalue weighted by atomic mass is 32.2. The zero-order valence-electron chi connectivity index (χ0n) is 13.8. The first-order valence-electron chi connectivity index (χ1n) is 7.68. The van der Waals surface area contributed by atoms with Gasteiger partial charge in [-0.2, -0.15) is 5.10 Å². The van der Waals surface area contributed by atoms with E-state index < -0.39 is 5.92 Å². The maximum absolute atomic E-state index is 12.4. The lowest BCUT2D eigenvalue weighted by Crippen LogP contribution is -2.31. The molecule has 0 fully saturated rings. The van der Waals surface area contributed by atoms with Crippen LogP contribution in [0.5, 0.6) is 0 Å². The van der Waals surface area contributed by atoms with Crippen LogP contribution in [-0.2, 0) is 11.8 Å². The molecule has 3 aromatic rings. The first kappa shape index (κ1) is 17.1. The maximum atomic E-state index is 12.4. The van der Waals surface area contributed by atoms with Crippen LogP contribution in [0.3, 0.4) is 0 Å². The predicted molar refractivity (Wildman–Crippen MR) is 93.3 cm³/mol. The molecule has 1 atom stereocenters. The van der Waals surface area contributed by atoms with Crippen LogP contribution < -0.4 is 10.9 Å². The lowest BCUT2D eigenvalue weighted by atomic mass is 10.0. The maximum Gasteiger partial charge on any atom is 0.272 e. The van der Waals surface area contributed by atoms with Crippen molar-refractivity contribution in [1.82, 2.24) is 35.7 Å². The number of tetrazole rings is 1. The highest BCUT2D eigenvalue weighted by molar-refractivity contribution is 7.99. The van der Waals surface area contributed by atoms with Gasteiger partial charge in [-0.1, -0.05) is 30.0 Å². The lowest BCUT2D eigenvalue weighted by Gasteiger charge is -2.13. The summed E-state index contributed by atoms with van der Waals surface area (Å²) in [5.74, 6) is 0.0107. The average molecular weight is 359 g/mol. The number of hydrogen-bond donors (Lipinski definition) is 2. The summed E-state index contributed by atoms with van der Waals surface area (Å²) in [6.07, 6.45) is 0. The fraction of sp³-hybridized carbons (Fsp3) is 0.333. The number of aromatic amines is 1. The third kappa shape index (κ3) is 3.68. The number of aromatic nitrogens is 6. The molecule has 0 aliphatic carbocycles. The van der Waals surface area contributed by atoms with E-state index in [0.29, 0.717) is 33.9 Å². The Kier molecular flexibility index (Phi) is 5.08. The quantitative estimate of drug-likeness (QED) is 0.485. The van der Waals surface area contributed by atoms with Gasteiger partial charge in [-0.05, 0) is 23.4 Å². The van der Waals surface area contributed by atoms with E-state index in [1.807, 2.05) is 6.07 Å². The molecule has 0 radical (unpaired) electrons. The van der Waals surface area contributed by atoms with Gasteiger partial charge >= 0.3 is 0 Å². The highest BCUT2D eigenvalue weighted by Crippen LogP contribution is 2.21. The molecular formula is C15H17N7O2S. The van der Waals surface area contributed by atoms with Crippen molar-refractivity contribution in [2.45, 2.75) is 18.0 Å². The van der Waals surface area contributed by atoms with E-state index >= 15 is 0 Å². The van der Waals surface area contributed by atoms with Crippen LogP contribution >= 0.6 is 11.8 Å². The third-order valence-electron chi connectivity index (χ3n) is 3.74. The summed E-state index contributed by atoms with van der Waals surface area (Å²) >= 11 is 1.46. The van der Waals surface area contributed by atoms with Crippen molar-refractivity contribution < 1.29 is 4.79 Å². The van der Waals surface area contributed by atoms with E-state index in [1.165, 1.54) is 11.8 Å². The molecule has 25 heavy (non-hydrogen) atoms. The number of H-pyrrole nitrogens is 1. The number of hydrogen-bond acceptors (Lipinski definition) is 7. The van der Waals surface area contributed by atoms with Crippen molar-refractivity contribution in [1.29, 1.82) is 0 Å². The molecular weight excluding hydrogens is 342 g/mol. The Morgan fingerprint density at radius 1 is 1.36 bits per heavy atom. The number of aryl methyl sites for hydroxylation is 1. The Hall–Kier alpha value is -2.75. The summed E-state index contributed by atoms with van der Waals surface area (Å²) in [5.41, 5.74) is 0.290. The average Bonchev–Trinajstić information content (AvgIpc) is 3.03. The Balaban J connectivity index is 1.64. The number of carbonyl (C=O) groups is 1. The van der Waals surface area contributed by atoms with Crippen LogP contribution in [0.25, 0.3) is 10.8 Å². The van der Waals surface area contributed by atoms with Gasteiger partial charge in [0, 0.05) is 24.7 Å². The van der Waals surface area contributed by atoms with Gasteiger partial charge in [0.2, 0.25) is 11.1 Å². The minimum atomic E-state index is -0.483. The topological polar surface area (TPSA) is 118 Å². The second-order valence-corrected chi connectivity index (χ2v) is 6.49. The van der Waals surface area contributed by atoms with Crippen molar-refractivity contribution in [2.75, 3.05) is 12.3 Å². The Bertz CT molecular complexity index is 952. The van der Waals surface area contributed by atoms with Crippen LogP contribution in [0.4, 0.5) is 0 Å². The van der Waals surface area contributed by atoms with E-state index in [2.05, 4.69) is 31.0 Å². The molecule has 0 aliphatic rings. The van der Waals surface area contributed by atoms with Gasteiger partial charge in [0.05, 0.1) is 17.0 Å². The minimum absolute atomic E-state index is 0.151. The molecule has 0 unspecified atom stereocenters. The van der Waals surface area contributed by atoms with E-state index in [9.17, 15) is 9.59 Å². The number of amides is 1. The van der Waals surface area contributed by atoms with Gasteiger partial charge < -0.3 is 5.32 Å². The predicted octanol–water partition coefficient (Wildman–Crippen LogP) is 0.459. The Labute approximate surface area is 147 Å². The molecule has 9 nitrogen and oxygen atoms in total. The van der Waals surface area contributed by atoms with Gasteiger partial charge in [-0.15, -0.1) is 5.10 Å². The molecule has 2 aromatic heterocycles. The molecule has 1 aromatic carbocycles. The summed E-state index contributed by atoms with van der Waals surface area (Å²) < 4.78 is 1.57. The van der Waals surface area contributed by atoms with E-state index in [-0.39, 0.29) is 11.5 Å². The molecule has 0 saturated carbocycles. The molecule has 130 valence electrons. The van der Waals surface area contributed by atoms with Crippen molar-refractivity contribution >= 4 is 28.4 Å². The summed E-state index contributed by atoms with van der Waals surface area (Å²) in [5, 5.41) is 22.5. The van der Waals surface area contributed by atoms with Gasteiger partial charge in [0.25, 0.3) is 5.56 Å². The van der Waals surface area contributed by atoms with Gasteiger partial charge in [0.1, 0.15) is 0 Å². The summed E-state index contributed by atoms with van der Waals surface area (Å²) in [7, 11) is 1.76. The van der Waals surface area contributed by atoms with Crippen molar-refractivity contribution in [3.8, 4) is 0 Å². The lowest BCUT2D eigenvalue weighted by molar-refractivity contribution is -0.122. The number of carbonyl (C=O) groups excluding carboxylic acids is 1. The van der Waals surface area contributed by atoms with Crippen molar-refractivity contribution in [3.63, 3.8) is 0 Å². The second-order valence-electron chi connectivity index (χ2n) is 5.43. The van der Waals surface area contributed by atoms with Crippen molar-refractivity contribution in [2.24, 2.45) is 7.05 Å². The first-order valence-corrected chi connectivity index (χ1v) is 8.66. The molecule has 10 heteroatoms. The molecule has 0 bridgehead atoms. The number of nitrogens with zero attached hydrogens (tertiary/aromatic N) is 5. The Morgan fingerprint density at radius 3 is 2.84 bits per heavy atom. The fourth-order valence-corrected chi connectivity index (χ4v) is 3.11. The molecule has 0 saturated heterocycles. The smallest absolute Gasteiger partial charge is 0.272 e. The van der Waals surface area contributed by atoms with Gasteiger partial charge in [0.15, 0.2) is 0 Å². The van der Waals surface area contributed by atoms with Gasteiger partial charge in [-0.3, -0.25) is 9.59 Å².